The first-order valence-electron chi connectivity index (χ1n) is 8.44. The number of amides is 2. The number of fused-ring (bicyclic) bond motifs is 1. The first kappa shape index (κ1) is 18.6. The molecule has 4 aromatic rings. The normalized spacial score (nSPS) is 10.7. The molecule has 0 radical (unpaired) electrons. The minimum absolute atomic E-state index is 0.272. The molecule has 0 spiro atoms. The summed E-state index contributed by atoms with van der Waals surface area (Å²) in [6, 6.07) is 11.8. The summed E-state index contributed by atoms with van der Waals surface area (Å²) in [6.07, 6.45) is 0. The quantitative estimate of drug-likeness (QED) is 0.475. The van der Waals surface area contributed by atoms with Crippen LogP contribution in [0.5, 0.6) is 5.75 Å². The van der Waals surface area contributed by atoms with Gasteiger partial charge in [0.05, 0.1) is 18.4 Å². The summed E-state index contributed by atoms with van der Waals surface area (Å²) in [5, 5.41) is 7.78. The summed E-state index contributed by atoms with van der Waals surface area (Å²) in [7, 11) is 1.50. The third-order valence-electron chi connectivity index (χ3n) is 4.05. The lowest BCUT2D eigenvalue weighted by Crippen LogP contribution is -2.19. The molecule has 0 unspecified atom stereocenters. The van der Waals surface area contributed by atoms with Crippen LogP contribution >= 0.6 is 11.3 Å². The van der Waals surface area contributed by atoms with Crippen molar-refractivity contribution in [2.45, 2.75) is 0 Å². The van der Waals surface area contributed by atoms with Crippen LogP contribution in [0, 0.1) is 5.82 Å². The van der Waals surface area contributed by atoms with Crippen LogP contribution in [0.1, 0.15) is 0 Å². The largest absolute Gasteiger partial charge is 0.493 e. The number of hydrogen-bond acceptors (Lipinski definition) is 6. The van der Waals surface area contributed by atoms with Gasteiger partial charge in [-0.05, 0) is 36.4 Å². The molecule has 4 rings (SSSR count). The zero-order valence-electron chi connectivity index (χ0n) is 15.1. The SMILES string of the molecule is COc1cccc2cc(-c3csc(NC(=O)Nc4ccc(F)cc4)n3)c(=O)oc12. The van der Waals surface area contributed by atoms with Crippen LogP contribution in [-0.4, -0.2) is 18.1 Å². The van der Waals surface area contributed by atoms with Gasteiger partial charge in [0, 0.05) is 16.5 Å². The number of halogens is 1. The third kappa shape index (κ3) is 3.94. The number of rotatable bonds is 4. The summed E-state index contributed by atoms with van der Waals surface area (Å²) >= 11 is 1.16. The van der Waals surface area contributed by atoms with Crippen molar-refractivity contribution in [2.75, 3.05) is 17.7 Å². The average Bonchev–Trinajstić information content (AvgIpc) is 3.16. The molecule has 29 heavy (non-hydrogen) atoms. The number of methoxy groups -OCH3 is 1. The molecule has 2 heterocycles. The maximum absolute atomic E-state index is 12.9. The highest BCUT2D eigenvalue weighted by molar-refractivity contribution is 7.14. The smallest absolute Gasteiger partial charge is 0.345 e. The van der Waals surface area contributed by atoms with Crippen molar-refractivity contribution in [3.63, 3.8) is 0 Å². The number of carbonyl (C=O) groups is 1. The van der Waals surface area contributed by atoms with Gasteiger partial charge in [0.2, 0.25) is 0 Å². The molecule has 0 aliphatic heterocycles. The van der Waals surface area contributed by atoms with Crippen LogP contribution in [0.3, 0.4) is 0 Å². The van der Waals surface area contributed by atoms with E-state index < -0.39 is 17.5 Å². The van der Waals surface area contributed by atoms with Crippen LogP contribution in [0.2, 0.25) is 0 Å². The van der Waals surface area contributed by atoms with E-state index >= 15 is 0 Å². The fraction of sp³-hybridized carbons (Fsp3) is 0.0500. The molecule has 0 fully saturated rings. The Labute approximate surface area is 167 Å². The fourth-order valence-electron chi connectivity index (χ4n) is 2.70. The van der Waals surface area contributed by atoms with E-state index in [4.69, 9.17) is 9.15 Å². The van der Waals surface area contributed by atoms with Crippen molar-refractivity contribution < 1.29 is 18.3 Å². The van der Waals surface area contributed by atoms with E-state index in [9.17, 15) is 14.0 Å². The van der Waals surface area contributed by atoms with Crippen molar-refractivity contribution in [1.29, 1.82) is 0 Å². The molecule has 146 valence electrons. The van der Waals surface area contributed by atoms with Gasteiger partial charge in [0.15, 0.2) is 16.5 Å². The summed E-state index contributed by atoms with van der Waals surface area (Å²) in [4.78, 5) is 28.8. The topological polar surface area (TPSA) is 93.5 Å². The highest BCUT2D eigenvalue weighted by Crippen LogP contribution is 2.29. The Balaban J connectivity index is 1.56. The van der Waals surface area contributed by atoms with E-state index in [1.165, 1.54) is 31.4 Å². The van der Waals surface area contributed by atoms with Crippen LogP contribution < -0.4 is 21.0 Å². The standard InChI is InChI=1S/C20H14FN3O4S/c1-27-16-4-2-3-11-9-14(18(25)28-17(11)16)15-10-29-20(23-15)24-19(26)22-13-7-5-12(21)6-8-13/h2-10H,1H3,(H2,22,23,24,26). The second kappa shape index (κ2) is 7.72. The Hall–Kier alpha value is -3.72. The Kier molecular flexibility index (Phi) is 4.96. The number of nitrogens with one attached hydrogen (secondary N) is 2. The molecule has 9 heteroatoms. The summed E-state index contributed by atoms with van der Waals surface area (Å²) in [6.45, 7) is 0. The van der Waals surface area contributed by atoms with E-state index in [0.717, 1.165) is 11.3 Å². The Morgan fingerprint density at radius 2 is 1.97 bits per heavy atom. The number of para-hydroxylation sites is 1. The molecule has 0 bridgehead atoms. The van der Waals surface area contributed by atoms with Gasteiger partial charge in [-0.2, -0.15) is 0 Å². The number of urea groups is 1. The lowest BCUT2D eigenvalue weighted by atomic mass is 10.1. The zero-order valence-corrected chi connectivity index (χ0v) is 15.9. The van der Waals surface area contributed by atoms with Gasteiger partial charge in [0.1, 0.15) is 5.82 Å². The lowest BCUT2D eigenvalue weighted by molar-refractivity contribution is 0.262. The summed E-state index contributed by atoms with van der Waals surface area (Å²) in [5.41, 5.74) is 0.884. The minimum atomic E-state index is -0.561. The number of aromatic nitrogens is 1. The van der Waals surface area contributed by atoms with Crippen LogP contribution in [-0.2, 0) is 0 Å². The molecule has 7 nitrogen and oxygen atoms in total. The van der Waals surface area contributed by atoms with Crippen LogP contribution in [0.15, 0.2) is 63.1 Å². The van der Waals surface area contributed by atoms with Gasteiger partial charge in [-0.1, -0.05) is 12.1 Å². The van der Waals surface area contributed by atoms with Gasteiger partial charge in [-0.15, -0.1) is 11.3 Å². The lowest BCUT2D eigenvalue weighted by Gasteiger charge is -2.05. The molecule has 0 aliphatic rings. The maximum Gasteiger partial charge on any atom is 0.345 e. The van der Waals surface area contributed by atoms with Crippen LogP contribution in [0.25, 0.3) is 22.2 Å². The second-order valence-electron chi connectivity index (χ2n) is 5.95. The molecule has 0 atom stereocenters. The van der Waals surface area contributed by atoms with Crippen molar-refractivity contribution in [3.05, 3.63) is 70.1 Å². The van der Waals surface area contributed by atoms with Gasteiger partial charge in [-0.3, -0.25) is 5.32 Å². The summed E-state index contributed by atoms with van der Waals surface area (Å²) in [5.74, 6) is 0.0663. The molecule has 0 aliphatic carbocycles. The predicted octanol–water partition coefficient (Wildman–Crippen LogP) is 4.71. The van der Waals surface area contributed by atoms with E-state index in [2.05, 4.69) is 15.6 Å². The maximum atomic E-state index is 12.9. The highest BCUT2D eigenvalue weighted by atomic mass is 32.1. The number of ether oxygens (including phenoxy) is 1. The van der Waals surface area contributed by atoms with Crippen molar-refractivity contribution in [2.24, 2.45) is 0 Å². The number of anilines is 2. The zero-order chi connectivity index (χ0) is 20.4. The van der Waals surface area contributed by atoms with Gasteiger partial charge in [0.25, 0.3) is 0 Å². The molecule has 0 saturated heterocycles. The van der Waals surface area contributed by atoms with E-state index in [1.54, 1.807) is 29.6 Å². The molecular weight excluding hydrogens is 397 g/mol. The first-order valence-corrected chi connectivity index (χ1v) is 9.32. The Morgan fingerprint density at radius 1 is 1.17 bits per heavy atom. The Morgan fingerprint density at radius 3 is 2.72 bits per heavy atom. The van der Waals surface area contributed by atoms with Gasteiger partial charge in [-0.25, -0.2) is 19.0 Å². The molecular formula is C20H14FN3O4S. The summed E-state index contributed by atoms with van der Waals surface area (Å²) < 4.78 is 23.5. The second-order valence-corrected chi connectivity index (χ2v) is 6.81. The van der Waals surface area contributed by atoms with Gasteiger partial charge >= 0.3 is 11.7 Å². The fourth-order valence-corrected chi connectivity index (χ4v) is 3.41. The number of hydrogen-bond donors (Lipinski definition) is 2. The third-order valence-corrected chi connectivity index (χ3v) is 4.80. The predicted molar refractivity (Wildman–Crippen MR) is 109 cm³/mol. The van der Waals surface area contributed by atoms with Crippen molar-refractivity contribution in [1.82, 2.24) is 4.98 Å². The van der Waals surface area contributed by atoms with Crippen LogP contribution in [0.4, 0.5) is 20.0 Å². The highest BCUT2D eigenvalue weighted by Gasteiger charge is 2.14. The molecule has 0 saturated carbocycles. The molecule has 2 aromatic carbocycles. The van der Waals surface area contributed by atoms with Crippen molar-refractivity contribution in [3.8, 4) is 17.0 Å². The van der Waals surface area contributed by atoms with E-state index in [-0.39, 0.29) is 5.56 Å². The first-order chi connectivity index (χ1) is 14.0. The van der Waals surface area contributed by atoms with E-state index in [0.29, 0.717) is 33.2 Å². The number of carbonyl (C=O) groups excluding carboxylic acids is 1. The molecule has 2 amide bonds. The van der Waals surface area contributed by atoms with Gasteiger partial charge < -0.3 is 14.5 Å². The number of benzene rings is 2. The number of thiazole rings is 1. The van der Waals surface area contributed by atoms with Crippen molar-refractivity contribution >= 4 is 39.2 Å². The molecule has 2 N–H and O–H groups in total. The monoisotopic (exact) mass is 411 g/mol. The Bertz CT molecular complexity index is 1250. The number of nitrogens with zero attached hydrogens (tertiary/aromatic N) is 1. The van der Waals surface area contributed by atoms with E-state index in [1.807, 2.05) is 0 Å². The minimum Gasteiger partial charge on any atom is -0.493 e. The average molecular weight is 411 g/mol. The molecule has 2 aromatic heterocycles.